The van der Waals surface area contributed by atoms with Gasteiger partial charge in [0.1, 0.15) is 11.0 Å². The van der Waals surface area contributed by atoms with Gasteiger partial charge < -0.3 is 10.2 Å². The molecule has 0 aromatic carbocycles. The van der Waals surface area contributed by atoms with E-state index in [1.165, 1.54) is 4.90 Å². The zero-order valence-electron chi connectivity index (χ0n) is 10.3. The number of aromatic nitrogens is 2. The average molecular weight is 297 g/mol. The third kappa shape index (κ3) is 4.90. The molecule has 1 aromatic heterocycles. The van der Waals surface area contributed by atoms with Crippen molar-refractivity contribution in [1.29, 1.82) is 0 Å². The van der Waals surface area contributed by atoms with E-state index in [-0.39, 0.29) is 29.8 Å². The van der Waals surface area contributed by atoms with E-state index in [1.54, 1.807) is 14.1 Å². The summed E-state index contributed by atoms with van der Waals surface area (Å²) in [6.45, 7) is 0.154. The number of amides is 1. The van der Waals surface area contributed by atoms with Crippen LogP contribution in [-0.2, 0) is 11.0 Å². The van der Waals surface area contributed by atoms with Crippen LogP contribution in [-0.4, -0.2) is 41.4 Å². The Morgan fingerprint density at radius 3 is 2.58 bits per heavy atom. The highest BCUT2D eigenvalue weighted by atomic mass is 35.5. The highest BCUT2D eigenvalue weighted by Gasteiger charge is 2.35. The first-order valence-corrected chi connectivity index (χ1v) is 5.63. The SMILES string of the molecule is CN(C)C(=O)CCNc1cc(Cl)nc(C(F)(F)F)n1. The van der Waals surface area contributed by atoms with Gasteiger partial charge in [-0.05, 0) is 0 Å². The molecule has 0 atom stereocenters. The normalized spacial score (nSPS) is 11.3. The van der Waals surface area contributed by atoms with E-state index in [2.05, 4.69) is 15.3 Å². The monoisotopic (exact) mass is 296 g/mol. The Kier molecular flexibility index (Phi) is 4.93. The fourth-order valence-electron chi connectivity index (χ4n) is 1.16. The lowest BCUT2D eigenvalue weighted by atomic mass is 10.4. The highest BCUT2D eigenvalue weighted by molar-refractivity contribution is 6.29. The second kappa shape index (κ2) is 6.05. The van der Waals surface area contributed by atoms with Crippen molar-refractivity contribution in [3.8, 4) is 0 Å². The number of alkyl halides is 3. The van der Waals surface area contributed by atoms with Crippen molar-refractivity contribution >= 4 is 23.3 Å². The smallest absolute Gasteiger partial charge is 0.369 e. The topological polar surface area (TPSA) is 58.1 Å². The van der Waals surface area contributed by atoms with Crippen molar-refractivity contribution in [2.75, 3.05) is 26.0 Å². The molecule has 1 N–H and O–H groups in total. The Balaban J connectivity index is 2.69. The Bertz CT molecular complexity index is 465. The van der Waals surface area contributed by atoms with Gasteiger partial charge in [-0.3, -0.25) is 4.79 Å². The number of hydrogen-bond donors (Lipinski definition) is 1. The van der Waals surface area contributed by atoms with Gasteiger partial charge >= 0.3 is 6.18 Å². The number of hydrogen-bond acceptors (Lipinski definition) is 4. The molecule has 0 aliphatic carbocycles. The zero-order chi connectivity index (χ0) is 14.6. The molecule has 0 fully saturated rings. The van der Waals surface area contributed by atoms with Crippen molar-refractivity contribution in [3.63, 3.8) is 0 Å². The van der Waals surface area contributed by atoms with Gasteiger partial charge in [0.15, 0.2) is 0 Å². The summed E-state index contributed by atoms with van der Waals surface area (Å²) < 4.78 is 37.3. The fraction of sp³-hybridized carbons (Fsp3) is 0.500. The standard InChI is InChI=1S/C10H12ClF3N4O/c1-18(2)8(19)3-4-15-7-5-6(11)16-9(17-7)10(12,13)14/h5H,3-4H2,1-2H3,(H,15,16,17). The summed E-state index contributed by atoms with van der Waals surface area (Å²) in [5.74, 6) is -1.54. The second-order valence-electron chi connectivity index (χ2n) is 3.86. The summed E-state index contributed by atoms with van der Waals surface area (Å²) >= 11 is 5.48. The Morgan fingerprint density at radius 1 is 1.42 bits per heavy atom. The zero-order valence-corrected chi connectivity index (χ0v) is 11.0. The highest BCUT2D eigenvalue weighted by Crippen LogP contribution is 2.28. The molecule has 0 saturated heterocycles. The predicted octanol–water partition coefficient (Wildman–Crippen LogP) is 2.04. The van der Waals surface area contributed by atoms with Gasteiger partial charge in [0.05, 0.1) is 0 Å². The maximum Gasteiger partial charge on any atom is 0.451 e. The maximum atomic E-state index is 12.4. The molecule has 0 bridgehead atoms. The summed E-state index contributed by atoms with van der Waals surface area (Å²) in [7, 11) is 3.18. The first-order chi connectivity index (χ1) is 8.70. The summed E-state index contributed by atoms with van der Waals surface area (Å²) in [5.41, 5.74) is 0. The van der Waals surface area contributed by atoms with E-state index >= 15 is 0 Å². The van der Waals surface area contributed by atoms with Gasteiger partial charge in [-0.2, -0.15) is 13.2 Å². The van der Waals surface area contributed by atoms with Crippen molar-refractivity contribution in [2.24, 2.45) is 0 Å². The van der Waals surface area contributed by atoms with Gasteiger partial charge in [-0.25, -0.2) is 9.97 Å². The molecule has 19 heavy (non-hydrogen) atoms. The summed E-state index contributed by atoms with van der Waals surface area (Å²) in [6.07, 6.45) is -4.53. The molecule has 5 nitrogen and oxygen atoms in total. The average Bonchev–Trinajstić information content (AvgIpc) is 2.26. The second-order valence-corrected chi connectivity index (χ2v) is 4.25. The minimum atomic E-state index is -4.67. The summed E-state index contributed by atoms with van der Waals surface area (Å²) in [6, 6.07) is 1.16. The minimum absolute atomic E-state index is 0.0705. The molecule has 0 unspecified atom stereocenters. The molecule has 0 aliphatic heterocycles. The van der Waals surface area contributed by atoms with Crippen LogP contribution in [0.1, 0.15) is 12.2 Å². The van der Waals surface area contributed by atoms with Crippen LogP contribution >= 0.6 is 11.6 Å². The third-order valence-corrected chi connectivity index (χ3v) is 2.29. The lowest BCUT2D eigenvalue weighted by Crippen LogP contribution is -2.24. The van der Waals surface area contributed by atoms with Gasteiger partial charge in [0.25, 0.3) is 0 Å². The molecule has 1 amide bonds. The first-order valence-electron chi connectivity index (χ1n) is 5.26. The van der Waals surface area contributed by atoms with E-state index in [4.69, 9.17) is 11.6 Å². The van der Waals surface area contributed by atoms with E-state index < -0.39 is 12.0 Å². The van der Waals surface area contributed by atoms with Crippen LogP contribution in [0.5, 0.6) is 0 Å². The molecule has 1 aromatic rings. The van der Waals surface area contributed by atoms with Crippen LogP contribution in [0.15, 0.2) is 6.07 Å². The number of rotatable bonds is 4. The van der Waals surface area contributed by atoms with Crippen molar-refractivity contribution in [3.05, 3.63) is 17.0 Å². The van der Waals surface area contributed by atoms with E-state index in [1.807, 2.05) is 0 Å². The molecule has 0 spiro atoms. The Labute approximate surface area is 112 Å². The predicted molar refractivity (Wildman–Crippen MR) is 63.8 cm³/mol. The number of nitrogens with one attached hydrogen (secondary N) is 1. The van der Waals surface area contributed by atoms with Crippen LogP contribution in [0.4, 0.5) is 19.0 Å². The van der Waals surface area contributed by atoms with Gasteiger partial charge in [0.2, 0.25) is 11.7 Å². The minimum Gasteiger partial charge on any atom is -0.369 e. The van der Waals surface area contributed by atoms with Crippen molar-refractivity contribution in [2.45, 2.75) is 12.6 Å². The maximum absolute atomic E-state index is 12.4. The summed E-state index contributed by atoms with van der Waals surface area (Å²) in [5, 5.41) is 2.28. The van der Waals surface area contributed by atoms with E-state index in [0.29, 0.717) is 0 Å². The van der Waals surface area contributed by atoms with Crippen LogP contribution in [0, 0.1) is 0 Å². The number of halogens is 4. The van der Waals surface area contributed by atoms with Gasteiger partial charge in [-0.15, -0.1) is 0 Å². The molecule has 0 radical (unpaired) electrons. The molecule has 9 heteroatoms. The number of anilines is 1. The van der Waals surface area contributed by atoms with Crippen LogP contribution in [0.3, 0.4) is 0 Å². The van der Waals surface area contributed by atoms with Gasteiger partial charge in [0, 0.05) is 33.1 Å². The first kappa shape index (κ1) is 15.5. The van der Waals surface area contributed by atoms with Crippen molar-refractivity contribution < 1.29 is 18.0 Å². The fourth-order valence-corrected chi connectivity index (χ4v) is 1.34. The number of carbonyl (C=O) groups is 1. The van der Waals surface area contributed by atoms with Crippen LogP contribution < -0.4 is 5.32 Å². The van der Waals surface area contributed by atoms with Crippen LogP contribution in [0.25, 0.3) is 0 Å². The molecule has 0 saturated carbocycles. The Morgan fingerprint density at radius 2 is 2.05 bits per heavy atom. The molecular formula is C10H12ClF3N4O. The molecular weight excluding hydrogens is 285 g/mol. The van der Waals surface area contributed by atoms with Crippen LogP contribution in [0.2, 0.25) is 5.15 Å². The lowest BCUT2D eigenvalue weighted by molar-refractivity contribution is -0.144. The summed E-state index contributed by atoms with van der Waals surface area (Å²) in [4.78, 5) is 19.0. The number of carbonyl (C=O) groups excluding carboxylic acids is 1. The molecule has 0 aliphatic rings. The quantitative estimate of drug-likeness (QED) is 0.864. The molecule has 1 heterocycles. The van der Waals surface area contributed by atoms with E-state index in [0.717, 1.165) is 6.07 Å². The third-order valence-electron chi connectivity index (χ3n) is 2.09. The largest absolute Gasteiger partial charge is 0.451 e. The lowest BCUT2D eigenvalue weighted by Gasteiger charge is -2.12. The van der Waals surface area contributed by atoms with Crippen molar-refractivity contribution in [1.82, 2.24) is 14.9 Å². The van der Waals surface area contributed by atoms with E-state index in [9.17, 15) is 18.0 Å². The molecule has 106 valence electrons. The van der Waals surface area contributed by atoms with Gasteiger partial charge in [-0.1, -0.05) is 11.6 Å². The number of nitrogens with zero attached hydrogens (tertiary/aromatic N) is 3. The molecule has 1 rings (SSSR count). The Hall–Kier alpha value is -1.57.